The van der Waals surface area contributed by atoms with Gasteiger partial charge in [0.05, 0.1) is 12.7 Å². The van der Waals surface area contributed by atoms with E-state index in [0.29, 0.717) is 6.10 Å². The zero-order valence-corrected chi connectivity index (χ0v) is 12.0. The van der Waals surface area contributed by atoms with Gasteiger partial charge in [0, 0.05) is 24.8 Å². The second-order valence-corrected chi connectivity index (χ2v) is 5.24. The fourth-order valence-corrected chi connectivity index (χ4v) is 2.36. The minimum absolute atomic E-state index is 0.330. The van der Waals surface area contributed by atoms with Crippen molar-refractivity contribution in [2.45, 2.75) is 31.9 Å². The lowest BCUT2D eigenvalue weighted by Gasteiger charge is -2.10. The molecular weight excluding hydrogens is 262 g/mol. The van der Waals surface area contributed by atoms with Crippen LogP contribution in [0.3, 0.4) is 0 Å². The van der Waals surface area contributed by atoms with Gasteiger partial charge >= 0.3 is 0 Å². The Bertz CT molecular complexity index is 367. The molecule has 3 nitrogen and oxygen atoms in total. The average Bonchev–Trinajstić information content (AvgIpc) is 2.93. The summed E-state index contributed by atoms with van der Waals surface area (Å²) in [6.07, 6.45) is 3.66. The number of halogens is 1. The van der Waals surface area contributed by atoms with E-state index in [1.165, 1.54) is 6.42 Å². The molecule has 1 saturated heterocycles. The van der Waals surface area contributed by atoms with Crippen molar-refractivity contribution in [3.63, 3.8) is 0 Å². The summed E-state index contributed by atoms with van der Waals surface area (Å²) >= 11 is 6.08. The molecule has 0 aromatic heterocycles. The van der Waals surface area contributed by atoms with Crippen LogP contribution in [-0.2, 0) is 16.0 Å². The van der Waals surface area contributed by atoms with Crippen LogP contribution in [0.25, 0.3) is 0 Å². The molecule has 1 aliphatic heterocycles. The highest BCUT2D eigenvalue weighted by atomic mass is 35.5. The number of hydrogen-bond acceptors (Lipinski definition) is 3. The van der Waals surface area contributed by atoms with Crippen molar-refractivity contribution in [2.24, 2.45) is 0 Å². The number of nitrogens with one attached hydrogen (secondary N) is 1. The molecule has 2 rings (SSSR count). The van der Waals surface area contributed by atoms with E-state index in [1.807, 2.05) is 24.3 Å². The molecule has 1 heterocycles. The maximum Gasteiger partial charge on any atom is 0.0809 e. The van der Waals surface area contributed by atoms with Gasteiger partial charge in [-0.1, -0.05) is 29.8 Å². The molecule has 106 valence electrons. The Morgan fingerprint density at radius 2 is 2.26 bits per heavy atom. The van der Waals surface area contributed by atoms with Crippen molar-refractivity contribution in [1.82, 2.24) is 5.32 Å². The molecule has 4 heteroatoms. The molecule has 1 aliphatic rings. The molecule has 0 bridgehead atoms. The SMILES string of the molecule is Clc1ccccc1CNCCCOCC1CCCO1. The van der Waals surface area contributed by atoms with Gasteiger partial charge in [0.2, 0.25) is 0 Å². The van der Waals surface area contributed by atoms with Gasteiger partial charge in [0.25, 0.3) is 0 Å². The first-order valence-corrected chi connectivity index (χ1v) is 7.37. The molecule has 1 atom stereocenters. The molecule has 0 aliphatic carbocycles. The maximum absolute atomic E-state index is 6.08. The number of benzene rings is 1. The van der Waals surface area contributed by atoms with Crippen LogP contribution in [0.1, 0.15) is 24.8 Å². The third-order valence-electron chi connectivity index (χ3n) is 3.24. The summed E-state index contributed by atoms with van der Waals surface area (Å²) in [4.78, 5) is 0. The maximum atomic E-state index is 6.08. The van der Waals surface area contributed by atoms with Crippen LogP contribution < -0.4 is 5.32 Å². The third-order valence-corrected chi connectivity index (χ3v) is 3.61. The van der Waals surface area contributed by atoms with Gasteiger partial charge in [-0.15, -0.1) is 0 Å². The van der Waals surface area contributed by atoms with E-state index < -0.39 is 0 Å². The minimum Gasteiger partial charge on any atom is -0.379 e. The molecule has 19 heavy (non-hydrogen) atoms. The zero-order chi connectivity index (χ0) is 13.3. The minimum atomic E-state index is 0.330. The lowest BCUT2D eigenvalue weighted by atomic mass is 10.2. The fraction of sp³-hybridized carbons (Fsp3) is 0.600. The second-order valence-electron chi connectivity index (χ2n) is 4.83. The summed E-state index contributed by atoms with van der Waals surface area (Å²) in [6.45, 7) is 4.18. The predicted molar refractivity (Wildman–Crippen MR) is 77.6 cm³/mol. The first-order valence-electron chi connectivity index (χ1n) is 7.00. The van der Waals surface area contributed by atoms with Crippen LogP contribution in [0.4, 0.5) is 0 Å². The van der Waals surface area contributed by atoms with Crippen molar-refractivity contribution >= 4 is 11.6 Å². The van der Waals surface area contributed by atoms with Crippen LogP contribution in [0.5, 0.6) is 0 Å². The van der Waals surface area contributed by atoms with Gasteiger partial charge < -0.3 is 14.8 Å². The highest BCUT2D eigenvalue weighted by Crippen LogP contribution is 2.14. The van der Waals surface area contributed by atoms with Crippen LogP contribution in [0, 0.1) is 0 Å². The van der Waals surface area contributed by atoms with Gasteiger partial charge in [-0.25, -0.2) is 0 Å². The van der Waals surface area contributed by atoms with E-state index in [4.69, 9.17) is 21.1 Å². The Labute approximate surface area is 120 Å². The van der Waals surface area contributed by atoms with E-state index in [1.54, 1.807) is 0 Å². The van der Waals surface area contributed by atoms with Gasteiger partial charge in [0.1, 0.15) is 0 Å². The number of ether oxygens (including phenoxy) is 2. The monoisotopic (exact) mass is 283 g/mol. The lowest BCUT2D eigenvalue weighted by Crippen LogP contribution is -2.19. The number of hydrogen-bond donors (Lipinski definition) is 1. The lowest BCUT2D eigenvalue weighted by molar-refractivity contribution is 0.0166. The molecule has 0 spiro atoms. The average molecular weight is 284 g/mol. The second kappa shape index (κ2) is 8.54. The smallest absolute Gasteiger partial charge is 0.0809 e. The zero-order valence-electron chi connectivity index (χ0n) is 11.2. The Morgan fingerprint density at radius 3 is 3.05 bits per heavy atom. The van der Waals surface area contributed by atoms with E-state index in [0.717, 1.165) is 56.3 Å². The van der Waals surface area contributed by atoms with E-state index in [2.05, 4.69) is 5.32 Å². The first kappa shape index (κ1) is 14.8. The van der Waals surface area contributed by atoms with E-state index in [-0.39, 0.29) is 0 Å². The highest BCUT2D eigenvalue weighted by Gasteiger charge is 2.14. The van der Waals surface area contributed by atoms with E-state index in [9.17, 15) is 0 Å². The Balaban J connectivity index is 1.47. The summed E-state index contributed by atoms with van der Waals surface area (Å²) < 4.78 is 11.1. The summed E-state index contributed by atoms with van der Waals surface area (Å²) in [7, 11) is 0. The van der Waals surface area contributed by atoms with Gasteiger partial charge in [-0.05, 0) is 37.4 Å². The van der Waals surface area contributed by atoms with Crippen molar-refractivity contribution in [3.05, 3.63) is 34.9 Å². The van der Waals surface area contributed by atoms with E-state index >= 15 is 0 Å². The van der Waals surface area contributed by atoms with Crippen LogP contribution >= 0.6 is 11.6 Å². The summed E-state index contributed by atoms with van der Waals surface area (Å²) in [6, 6.07) is 7.92. The van der Waals surface area contributed by atoms with Crippen molar-refractivity contribution in [3.8, 4) is 0 Å². The fourth-order valence-electron chi connectivity index (χ4n) is 2.15. The van der Waals surface area contributed by atoms with Crippen molar-refractivity contribution in [2.75, 3.05) is 26.4 Å². The van der Waals surface area contributed by atoms with Gasteiger partial charge in [-0.3, -0.25) is 0 Å². The molecule has 1 aromatic carbocycles. The van der Waals surface area contributed by atoms with Gasteiger partial charge in [-0.2, -0.15) is 0 Å². The molecule has 1 aromatic rings. The molecule has 1 fully saturated rings. The summed E-state index contributed by atoms with van der Waals surface area (Å²) in [5.74, 6) is 0. The highest BCUT2D eigenvalue weighted by molar-refractivity contribution is 6.31. The molecule has 1 unspecified atom stereocenters. The van der Waals surface area contributed by atoms with Crippen molar-refractivity contribution in [1.29, 1.82) is 0 Å². The molecule has 1 N–H and O–H groups in total. The van der Waals surface area contributed by atoms with Crippen LogP contribution in [0.15, 0.2) is 24.3 Å². The topological polar surface area (TPSA) is 30.5 Å². The molecular formula is C15H22ClNO2. The standard InChI is InChI=1S/C15H22ClNO2/c16-15-7-2-1-5-13(15)11-17-8-4-9-18-12-14-6-3-10-19-14/h1-2,5,7,14,17H,3-4,6,8-12H2. The first-order chi connectivity index (χ1) is 9.36. The third kappa shape index (κ3) is 5.49. The molecule has 0 radical (unpaired) electrons. The Kier molecular flexibility index (Phi) is 6.65. The summed E-state index contributed by atoms with van der Waals surface area (Å²) in [5, 5.41) is 4.20. The van der Waals surface area contributed by atoms with Crippen LogP contribution in [0.2, 0.25) is 5.02 Å². The quantitative estimate of drug-likeness (QED) is 0.744. The largest absolute Gasteiger partial charge is 0.379 e. The predicted octanol–water partition coefficient (Wildman–Crippen LogP) is 3.02. The molecule has 0 amide bonds. The summed E-state index contributed by atoms with van der Waals surface area (Å²) in [5.41, 5.74) is 1.14. The Hall–Kier alpha value is -0.610. The van der Waals surface area contributed by atoms with Crippen LogP contribution in [-0.4, -0.2) is 32.5 Å². The van der Waals surface area contributed by atoms with Gasteiger partial charge in [0.15, 0.2) is 0 Å². The molecule has 0 saturated carbocycles. The number of rotatable bonds is 8. The Morgan fingerprint density at radius 1 is 1.37 bits per heavy atom. The normalized spacial score (nSPS) is 18.9. The van der Waals surface area contributed by atoms with Crippen molar-refractivity contribution < 1.29 is 9.47 Å².